The molecule has 1 atom stereocenters. The molecule has 23 heavy (non-hydrogen) atoms. The van der Waals surface area contributed by atoms with Gasteiger partial charge in [0.25, 0.3) is 0 Å². The number of hydrogen-bond donors (Lipinski definition) is 2. The summed E-state index contributed by atoms with van der Waals surface area (Å²) in [4.78, 5) is 14.0. The van der Waals surface area contributed by atoms with Crippen molar-refractivity contribution in [1.82, 2.24) is 20.0 Å². The van der Waals surface area contributed by atoms with Crippen molar-refractivity contribution in [3.8, 4) is 0 Å². The minimum atomic E-state index is -0.682. The molecule has 2 saturated heterocycles. The standard InChI is InChI=1S/C17H28N4O2/c1-4-21-13(3)14(12(2)19-21)10-20-11-17(5-7-18-8-6-17)9-15(20)16(22)23/h15,18H,4-11H2,1-3H3,(H,22,23)/t15-/m1/s1. The third-order valence-corrected chi connectivity index (χ3v) is 5.75. The van der Waals surface area contributed by atoms with Gasteiger partial charge < -0.3 is 10.4 Å². The maximum atomic E-state index is 11.8. The number of hydrogen-bond acceptors (Lipinski definition) is 4. The second-order valence-corrected chi connectivity index (χ2v) is 7.18. The SMILES string of the molecule is CCn1nc(C)c(CN2CC3(CCNCC3)C[C@@H]2C(=O)O)c1C. The molecule has 0 radical (unpaired) electrons. The van der Waals surface area contributed by atoms with Crippen LogP contribution in [0.25, 0.3) is 0 Å². The molecular weight excluding hydrogens is 292 g/mol. The fraction of sp³-hybridized carbons (Fsp3) is 0.765. The molecule has 0 bridgehead atoms. The predicted molar refractivity (Wildman–Crippen MR) is 88.4 cm³/mol. The number of nitrogens with zero attached hydrogens (tertiary/aromatic N) is 3. The quantitative estimate of drug-likeness (QED) is 0.881. The highest BCUT2D eigenvalue weighted by Crippen LogP contribution is 2.42. The average Bonchev–Trinajstić information content (AvgIpc) is 3.00. The van der Waals surface area contributed by atoms with E-state index in [1.165, 1.54) is 11.3 Å². The molecule has 0 amide bonds. The lowest BCUT2D eigenvalue weighted by Crippen LogP contribution is -2.38. The van der Waals surface area contributed by atoms with E-state index >= 15 is 0 Å². The van der Waals surface area contributed by atoms with Crippen molar-refractivity contribution in [3.05, 3.63) is 17.0 Å². The van der Waals surface area contributed by atoms with Crippen LogP contribution in [0.5, 0.6) is 0 Å². The zero-order chi connectivity index (χ0) is 16.6. The molecule has 3 rings (SSSR count). The lowest BCUT2D eigenvalue weighted by molar-refractivity contribution is -0.142. The van der Waals surface area contributed by atoms with E-state index in [0.717, 1.165) is 51.1 Å². The van der Waals surface area contributed by atoms with Crippen molar-refractivity contribution in [1.29, 1.82) is 0 Å². The number of carboxylic acid groups (broad SMARTS) is 1. The van der Waals surface area contributed by atoms with Crippen molar-refractivity contribution in [2.75, 3.05) is 19.6 Å². The Labute approximate surface area is 137 Å². The smallest absolute Gasteiger partial charge is 0.320 e. The molecule has 1 aromatic rings. The summed E-state index contributed by atoms with van der Waals surface area (Å²) in [7, 11) is 0. The van der Waals surface area contributed by atoms with Crippen molar-refractivity contribution in [2.24, 2.45) is 5.41 Å². The molecule has 6 heteroatoms. The van der Waals surface area contributed by atoms with Gasteiger partial charge in [-0.2, -0.15) is 5.10 Å². The fourth-order valence-corrected chi connectivity index (χ4v) is 4.35. The first-order valence-electron chi connectivity index (χ1n) is 8.66. The van der Waals surface area contributed by atoms with Crippen LogP contribution < -0.4 is 5.32 Å². The van der Waals surface area contributed by atoms with Crippen LogP contribution in [0.2, 0.25) is 0 Å². The van der Waals surface area contributed by atoms with Gasteiger partial charge in [-0.25, -0.2) is 0 Å². The highest BCUT2D eigenvalue weighted by molar-refractivity contribution is 5.74. The lowest BCUT2D eigenvalue weighted by Gasteiger charge is -2.33. The zero-order valence-electron chi connectivity index (χ0n) is 14.4. The van der Waals surface area contributed by atoms with E-state index in [1.807, 2.05) is 11.6 Å². The Morgan fingerprint density at radius 1 is 1.39 bits per heavy atom. The highest BCUT2D eigenvalue weighted by Gasteiger charge is 2.47. The van der Waals surface area contributed by atoms with Gasteiger partial charge in [-0.1, -0.05) is 0 Å². The monoisotopic (exact) mass is 320 g/mol. The van der Waals surface area contributed by atoms with Gasteiger partial charge in [0.15, 0.2) is 0 Å². The van der Waals surface area contributed by atoms with Gasteiger partial charge in [-0.15, -0.1) is 0 Å². The van der Waals surface area contributed by atoms with Crippen LogP contribution in [0, 0.1) is 19.3 Å². The van der Waals surface area contributed by atoms with E-state index in [-0.39, 0.29) is 11.5 Å². The molecule has 2 N–H and O–H groups in total. The molecule has 2 aliphatic rings. The Balaban J connectivity index is 1.83. The molecule has 6 nitrogen and oxygen atoms in total. The molecule has 128 valence electrons. The first-order valence-corrected chi connectivity index (χ1v) is 8.66. The summed E-state index contributed by atoms with van der Waals surface area (Å²) in [6.45, 7) is 10.7. The van der Waals surface area contributed by atoms with Crippen molar-refractivity contribution < 1.29 is 9.90 Å². The number of carbonyl (C=O) groups is 1. The van der Waals surface area contributed by atoms with Crippen LogP contribution >= 0.6 is 0 Å². The van der Waals surface area contributed by atoms with Crippen LogP contribution in [0.4, 0.5) is 0 Å². The van der Waals surface area contributed by atoms with Crippen molar-refractivity contribution in [3.63, 3.8) is 0 Å². The van der Waals surface area contributed by atoms with Crippen molar-refractivity contribution >= 4 is 5.97 Å². The number of piperidine rings is 1. The van der Waals surface area contributed by atoms with E-state index < -0.39 is 5.97 Å². The number of nitrogens with one attached hydrogen (secondary N) is 1. The van der Waals surface area contributed by atoms with Crippen molar-refractivity contribution in [2.45, 2.75) is 59.2 Å². The summed E-state index contributed by atoms with van der Waals surface area (Å²) >= 11 is 0. The molecular formula is C17H28N4O2. The molecule has 0 aromatic carbocycles. The molecule has 1 aromatic heterocycles. The van der Waals surface area contributed by atoms with Gasteiger partial charge >= 0.3 is 5.97 Å². The summed E-state index contributed by atoms with van der Waals surface area (Å²) in [5, 5.41) is 17.7. The lowest BCUT2D eigenvalue weighted by atomic mass is 9.77. The normalized spacial score (nSPS) is 24.4. The fourth-order valence-electron chi connectivity index (χ4n) is 4.35. The van der Waals surface area contributed by atoms with Crippen LogP contribution in [0.15, 0.2) is 0 Å². The Morgan fingerprint density at radius 2 is 2.09 bits per heavy atom. The Bertz CT molecular complexity index is 590. The molecule has 0 unspecified atom stereocenters. The van der Waals surface area contributed by atoms with Gasteiger partial charge in [0, 0.05) is 30.9 Å². The molecule has 0 aliphatic carbocycles. The average molecular weight is 320 g/mol. The van der Waals surface area contributed by atoms with E-state index in [2.05, 4.69) is 29.2 Å². The first kappa shape index (κ1) is 16.5. The number of rotatable bonds is 4. The number of aromatic nitrogens is 2. The minimum absolute atomic E-state index is 0.177. The zero-order valence-corrected chi connectivity index (χ0v) is 14.4. The van der Waals surface area contributed by atoms with Crippen LogP contribution in [-0.2, 0) is 17.9 Å². The summed E-state index contributed by atoms with van der Waals surface area (Å²) in [5.74, 6) is -0.682. The molecule has 2 fully saturated rings. The Morgan fingerprint density at radius 3 is 2.65 bits per heavy atom. The summed E-state index contributed by atoms with van der Waals surface area (Å²) < 4.78 is 2.01. The van der Waals surface area contributed by atoms with Gasteiger partial charge in [0.1, 0.15) is 6.04 Å². The van der Waals surface area contributed by atoms with Gasteiger partial charge in [0.05, 0.1) is 5.69 Å². The van der Waals surface area contributed by atoms with E-state index in [9.17, 15) is 9.90 Å². The van der Waals surface area contributed by atoms with Gasteiger partial charge in [0.2, 0.25) is 0 Å². The summed E-state index contributed by atoms with van der Waals surface area (Å²) in [5.41, 5.74) is 3.57. The topological polar surface area (TPSA) is 70.4 Å². The number of aliphatic carboxylic acids is 1. The minimum Gasteiger partial charge on any atom is -0.480 e. The molecule has 0 saturated carbocycles. The summed E-state index contributed by atoms with van der Waals surface area (Å²) in [6.07, 6.45) is 2.95. The maximum absolute atomic E-state index is 11.8. The molecule has 1 spiro atoms. The molecule has 2 aliphatic heterocycles. The van der Waals surface area contributed by atoms with Crippen LogP contribution in [0.3, 0.4) is 0 Å². The third kappa shape index (κ3) is 3.02. The first-order chi connectivity index (χ1) is 11.0. The second-order valence-electron chi connectivity index (χ2n) is 7.18. The van der Waals surface area contributed by atoms with E-state index in [4.69, 9.17) is 0 Å². The Kier molecular flexibility index (Phi) is 4.47. The number of aryl methyl sites for hydroxylation is 2. The predicted octanol–water partition coefficient (Wildman–Crippen LogP) is 1.55. The maximum Gasteiger partial charge on any atom is 0.320 e. The van der Waals surface area contributed by atoms with Crippen LogP contribution in [0.1, 0.15) is 43.1 Å². The van der Waals surface area contributed by atoms with Gasteiger partial charge in [-0.05, 0) is 58.5 Å². The van der Waals surface area contributed by atoms with Crippen LogP contribution in [-0.4, -0.2) is 51.4 Å². The second kappa shape index (κ2) is 6.24. The van der Waals surface area contributed by atoms with E-state index in [1.54, 1.807) is 0 Å². The largest absolute Gasteiger partial charge is 0.480 e. The number of carboxylic acids is 1. The number of likely N-dealkylation sites (tertiary alicyclic amines) is 1. The van der Waals surface area contributed by atoms with Gasteiger partial charge in [-0.3, -0.25) is 14.4 Å². The highest BCUT2D eigenvalue weighted by atomic mass is 16.4. The summed E-state index contributed by atoms with van der Waals surface area (Å²) in [6, 6.07) is -0.364. The van der Waals surface area contributed by atoms with E-state index in [0.29, 0.717) is 6.54 Å². The molecule has 3 heterocycles. The Hall–Kier alpha value is -1.40. The third-order valence-electron chi connectivity index (χ3n) is 5.75.